The van der Waals surface area contributed by atoms with E-state index in [9.17, 15) is 5.11 Å². The molecule has 0 saturated carbocycles. The molecule has 0 bridgehead atoms. The molecule has 1 aromatic carbocycles. The number of hydrogen-bond donors (Lipinski definition) is 6. The van der Waals surface area contributed by atoms with Crippen molar-refractivity contribution in [1.82, 2.24) is 16.0 Å². The number of nitrogens with one attached hydrogen (secondary N) is 4. The molecule has 1 saturated heterocycles. The summed E-state index contributed by atoms with van der Waals surface area (Å²) in [5.41, 5.74) is 2.29. The van der Waals surface area contributed by atoms with Crippen LogP contribution in [0.4, 0.5) is 5.69 Å². The zero-order valence-corrected chi connectivity index (χ0v) is 17.7. The fourth-order valence-corrected chi connectivity index (χ4v) is 2.03. The zero-order chi connectivity index (χ0) is 20.5. The van der Waals surface area contributed by atoms with Gasteiger partial charge in [0.15, 0.2) is 0 Å². The highest BCUT2D eigenvalue weighted by atomic mass is 35.5. The lowest BCUT2D eigenvalue weighted by Crippen LogP contribution is -2.30. The van der Waals surface area contributed by atoms with Gasteiger partial charge >= 0.3 is 0 Å². The van der Waals surface area contributed by atoms with E-state index in [1.54, 1.807) is 7.05 Å². The third-order valence-corrected chi connectivity index (χ3v) is 3.84. The van der Waals surface area contributed by atoms with Crippen molar-refractivity contribution in [3.8, 4) is 0 Å². The Bertz CT molecular complexity index is 449. The van der Waals surface area contributed by atoms with Crippen LogP contribution in [0.1, 0.15) is 27.8 Å². The number of aliphatic hydroxyl groups is 2. The van der Waals surface area contributed by atoms with Gasteiger partial charge in [-0.1, -0.05) is 40.0 Å². The summed E-state index contributed by atoms with van der Waals surface area (Å²) in [5, 5.41) is 30.0. The van der Waals surface area contributed by atoms with E-state index < -0.39 is 6.10 Å². The largest absolute Gasteiger partial charge is 0.391 e. The van der Waals surface area contributed by atoms with Crippen molar-refractivity contribution in [2.75, 3.05) is 65.1 Å². The minimum Gasteiger partial charge on any atom is -0.391 e. The van der Waals surface area contributed by atoms with Crippen LogP contribution in [0.25, 0.3) is 0 Å². The van der Waals surface area contributed by atoms with Gasteiger partial charge in [-0.2, -0.15) is 0 Å². The molecule has 30 heavy (non-hydrogen) atoms. The van der Waals surface area contributed by atoms with Crippen molar-refractivity contribution >= 4 is 17.3 Å². The first-order valence-corrected chi connectivity index (χ1v) is 9.78. The van der Waals surface area contributed by atoms with E-state index in [1.165, 1.54) is 5.56 Å². The number of anilines is 1. The van der Waals surface area contributed by atoms with Crippen LogP contribution in [0.3, 0.4) is 0 Å². The molecule has 0 aliphatic carbocycles. The first-order chi connectivity index (χ1) is 13.0. The number of epoxide rings is 1. The van der Waals surface area contributed by atoms with Gasteiger partial charge in [0.25, 0.3) is 0 Å². The Morgan fingerprint density at radius 2 is 1.43 bits per heavy atom. The van der Waals surface area contributed by atoms with Crippen molar-refractivity contribution in [3.63, 3.8) is 0 Å². The predicted molar refractivity (Wildman–Crippen MR) is 134 cm³/mol. The summed E-state index contributed by atoms with van der Waals surface area (Å²) in [5.74, 6) is 0.306. The maximum absolute atomic E-state index is 9.44. The molecule has 3 atom stereocenters. The molecule has 6 N–H and O–H groups in total. The number of benzene rings is 1. The smallest absolute Gasteiger partial charge is 0.0933 e. The fourth-order valence-electron chi connectivity index (χ4n) is 1.92. The van der Waals surface area contributed by atoms with Gasteiger partial charge in [0.2, 0.25) is 0 Å². The first-order valence-electron chi connectivity index (χ1n) is 9.24. The van der Waals surface area contributed by atoms with Crippen molar-refractivity contribution in [2.24, 2.45) is 0 Å². The molecule has 2 rings (SSSR count). The van der Waals surface area contributed by atoms with E-state index in [0.29, 0.717) is 31.6 Å². The molecule has 1 aliphatic rings. The number of halogens is 1. The molecule has 0 radical (unpaired) electrons. The fraction of sp³-hybridized carbons (Fsp3) is 0.727. The Labute approximate surface area is 190 Å². The molecule has 1 aliphatic heterocycles. The van der Waals surface area contributed by atoms with Crippen LogP contribution in [0.2, 0.25) is 0 Å². The van der Waals surface area contributed by atoms with E-state index in [4.69, 9.17) is 21.4 Å². The van der Waals surface area contributed by atoms with Gasteiger partial charge in [-0.05, 0) is 40.2 Å². The summed E-state index contributed by atoms with van der Waals surface area (Å²) < 4.78 is 4.89. The predicted octanol–water partition coefficient (Wildman–Crippen LogP) is 2.31. The highest BCUT2D eigenvalue weighted by molar-refractivity contribution is 6.18. The summed E-state index contributed by atoms with van der Waals surface area (Å²) in [4.78, 5) is 0. The molecule has 182 valence electrons. The van der Waals surface area contributed by atoms with Crippen LogP contribution in [-0.2, 0) is 4.74 Å². The first kappa shape index (κ1) is 36.4. The minimum absolute atomic E-state index is 0. The maximum Gasteiger partial charge on any atom is 0.0933 e. The maximum atomic E-state index is 9.44. The second-order valence-corrected chi connectivity index (χ2v) is 6.65. The number of ether oxygens (including phenoxy) is 1. The van der Waals surface area contributed by atoms with E-state index in [2.05, 4.69) is 28.2 Å². The molecular formula is C22H49ClN4O3. The van der Waals surface area contributed by atoms with Gasteiger partial charge in [-0.25, -0.2) is 0 Å². The van der Waals surface area contributed by atoms with E-state index in [1.807, 2.05) is 38.4 Å². The Kier molecular flexibility index (Phi) is 29.6. The number of aliphatic hydroxyl groups excluding tert-OH is 2. The molecule has 8 heteroatoms. The van der Waals surface area contributed by atoms with Gasteiger partial charge in [-0.3, -0.25) is 0 Å². The number of alkyl halides is 1. The van der Waals surface area contributed by atoms with E-state index >= 15 is 0 Å². The average Bonchev–Trinajstić information content (AvgIpc) is 3.47. The molecule has 7 nitrogen and oxygen atoms in total. The number of aryl methyl sites for hydroxylation is 1. The SMILES string of the molecule is C.C.C.CNCC(O)CCl.CNCC(O)CNc1ccc(C)cc1.CNCC1CO1. The molecule has 0 spiro atoms. The van der Waals surface area contributed by atoms with Crippen LogP contribution in [0, 0.1) is 6.92 Å². The van der Waals surface area contributed by atoms with Crippen molar-refractivity contribution in [2.45, 2.75) is 47.5 Å². The number of likely N-dealkylation sites (N-methyl/N-ethyl adjacent to an activating group) is 3. The Morgan fingerprint density at radius 1 is 0.933 bits per heavy atom. The average molecular weight is 453 g/mol. The Hall–Kier alpha value is -0.930. The molecule has 1 aromatic rings. The lowest BCUT2D eigenvalue weighted by Gasteiger charge is -2.12. The summed E-state index contributed by atoms with van der Waals surface area (Å²) in [6.45, 7) is 5.78. The molecule has 0 amide bonds. The molecule has 0 aromatic heterocycles. The van der Waals surface area contributed by atoms with Gasteiger partial charge < -0.3 is 36.2 Å². The van der Waals surface area contributed by atoms with Crippen molar-refractivity contribution in [3.05, 3.63) is 29.8 Å². The standard InChI is InChI=1S/C11H18N2O.C4H10ClNO.C4H9NO.3CH4/c1-9-3-5-10(6-4-9)13-8-11(14)7-12-2;1-6-3-4(7)2-5;1-5-2-4-3-6-4;;;/h3-6,11-14H,7-8H2,1-2H3;4,6-7H,2-3H2,1H3;4-5H,2-3H2,1H3;3*1H4. The highest BCUT2D eigenvalue weighted by Gasteiger charge is 2.20. The lowest BCUT2D eigenvalue weighted by molar-refractivity contribution is 0.187. The van der Waals surface area contributed by atoms with Crippen LogP contribution in [0.15, 0.2) is 24.3 Å². The quantitative estimate of drug-likeness (QED) is 0.239. The molecule has 3 unspecified atom stereocenters. The topological polar surface area (TPSA) is 101 Å². The van der Waals surface area contributed by atoms with Gasteiger partial charge in [0.1, 0.15) is 0 Å². The molecule has 1 fully saturated rings. The Balaban J connectivity index is -0.000000180. The van der Waals surface area contributed by atoms with Gasteiger partial charge in [0.05, 0.1) is 24.9 Å². The van der Waals surface area contributed by atoms with Crippen LogP contribution in [-0.4, -0.2) is 88.3 Å². The Morgan fingerprint density at radius 3 is 1.77 bits per heavy atom. The summed E-state index contributed by atoms with van der Waals surface area (Å²) in [6.07, 6.45) is -0.206. The zero-order valence-electron chi connectivity index (χ0n) is 17.0. The lowest BCUT2D eigenvalue weighted by atomic mass is 10.2. The monoisotopic (exact) mass is 452 g/mol. The molecule has 1 heterocycles. The van der Waals surface area contributed by atoms with Crippen LogP contribution < -0.4 is 21.3 Å². The summed E-state index contributed by atoms with van der Waals surface area (Å²) >= 11 is 5.24. The summed E-state index contributed by atoms with van der Waals surface area (Å²) in [6, 6.07) is 8.13. The number of rotatable bonds is 10. The van der Waals surface area contributed by atoms with Crippen molar-refractivity contribution < 1.29 is 14.9 Å². The van der Waals surface area contributed by atoms with Crippen LogP contribution in [0.5, 0.6) is 0 Å². The van der Waals surface area contributed by atoms with Crippen molar-refractivity contribution in [1.29, 1.82) is 0 Å². The third-order valence-electron chi connectivity index (χ3n) is 3.49. The minimum atomic E-state index is -0.397. The number of hydrogen-bond acceptors (Lipinski definition) is 7. The van der Waals surface area contributed by atoms with Crippen LogP contribution >= 0.6 is 11.6 Å². The molecular weight excluding hydrogens is 404 g/mol. The third kappa shape index (κ3) is 23.3. The summed E-state index contributed by atoms with van der Waals surface area (Å²) in [7, 11) is 5.53. The highest BCUT2D eigenvalue weighted by Crippen LogP contribution is 2.08. The van der Waals surface area contributed by atoms with E-state index in [-0.39, 0.29) is 28.4 Å². The second kappa shape index (κ2) is 24.3. The van der Waals surface area contributed by atoms with Gasteiger partial charge in [-0.15, -0.1) is 11.6 Å². The normalized spacial score (nSPS) is 15.2. The van der Waals surface area contributed by atoms with E-state index in [0.717, 1.165) is 18.8 Å². The second-order valence-electron chi connectivity index (χ2n) is 6.34. The van der Waals surface area contributed by atoms with Gasteiger partial charge in [0, 0.05) is 37.7 Å².